The van der Waals surface area contributed by atoms with Gasteiger partial charge in [-0.05, 0) is 98.6 Å². The van der Waals surface area contributed by atoms with Gasteiger partial charge in [-0.3, -0.25) is 17.9 Å². The van der Waals surface area contributed by atoms with Crippen molar-refractivity contribution in [3.05, 3.63) is 237 Å². The van der Waals surface area contributed by atoms with Crippen molar-refractivity contribution in [2.45, 2.75) is 0 Å². The zero-order valence-electron chi connectivity index (χ0n) is 37.6. The maximum Gasteiger partial charge on any atom is 0.221 e. The molecule has 0 spiro atoms. The van der Waals surface area contributed by atoms with E-state index in [4.69, 9.17) is 15.0 Å². The molecule has 0 saturated carbocycles. The molecule has 0 amide bonds. The van der Waals surface area contributed by atoms with E-state index < -0.39 is 8.07 Å². The molecule has 0 aliphatic heterocycles. The molecule has 15 aromatic rings. The van der Waals surface area contributed by atoms with Crippen LogP contribution in [0.5, 0.6) is 0 Å². The predicted molar refractivity (Wildman–Crippen MR) is 292 cm³/mol. The van der Waals surface area contributed by atoms with Crippen LogP contribution in [0.25, 0.3) is 98.6 Å². The first-order chi connectivity index (χ1) is 34.7. The van der Waals surface area contributed by atoms with Crippen molar-refractivity contribution >= 4 is 116 Å². The smallest absolute Gasteiger partial charge is 0.221 e. The molecule has 0 saturated heterocycles. The summed E-state index contributed by atoms with van der Waals surface area (Å²) in [4.78, 5) is 16.2. The molecular formula is C61H39N7SSi. The lowest BCUT2D eigenvalue weighted by Gasteiger charge is -2.35. The highest BCUT2D eigenvalue weighted by Gasteiger charge is 2.43. The first-order valence-corrected chi connectivity index (χ1v) is 26.4. The van der Waals surface area contributed by atoms with Crippen LogP contribution in [0, 0.1) is 0 Å². The summed E-state index contributed by atoms with van der Waals surface area (Å²) >= 11 is 1.91. The van der Waals surface area contributed by atoms with Gasteiger partial charge in [-0.15, -0.1) is 11.3 Å². The van der Waals surface area contributed by atoms with Gasteiger partial charge in [0.25, 0.3) is 0 Å². The fraction of sp³-hybridized carbons (Fsp3) is 0. The van der Waals surface area contributed by atoms with Crippen molar-refractivity contribution in [1.29, 1.82) is 0 Å². The van der Waals surface area contributed by atoms with Gasteiger partial charge in [0.2, 0.25) is 11.6 Å². The molecule has 0 aliphatic carbocycles. The van der Waals surface area contributed by atoms with Crippen LogP contribution in [0.4, 0.5) is 0 Å². The summed E-state index contributed by atoms with van der Waals surface area (Å²) in [5, 5.41) is 8.02. The SMILES string of the molecule is c1ccc([Si](c2ccccc2)(c2ccc(-c3cc(-n4c5ccccc5n5c6ccccc6nc45)nc(-n4c5ccccc5n5c6ccccc6nc45)c3)cc2)c2cccc3c2sc2ccccc23)cc1. The number of pyridine rings is 1. The lowest BCUT2D eigenvalue weighted by atomic mass is 10.1. The molecule has 328 valence electrons. The van der Waals surface area contributed by atoms with Crippen LogP contribution in [-0.4, -0.2) is 41.0 Å². The zero-order chi connectivity index (χ0) is 45.9. The van der Waals surface area contributed by atoms with Crippen LogP contribution >= 0.6 is 11.3 Å². The van der Waals surface area contributed by atoms with Gasteiger partial charge in [0, 0.05) is 20.2 Å². The summed E-state index contributed by atoms with van der Waals surface area (Å²) < 4.78 is 11.6. The number of hydrogen-bond donors (Lipinski definition) is 0. The van der Waals surface area contributed by atoms with Crippen molar-refractivity contribution in [1.82, 2.24) is 32.9 Å². The Morgan fingerprint density at radius 1 is 0.343 bits per heavy atom. The van der Waals surface area contributed by atoms with Gasteiger partial charge in [0.05, 0.1) is 44.1 Å². The minimum absolute atomic E-state index is 0.763. The van der Waals surface area contributed by atoms with Crippen LogP contribution in [0.2, 0.25) is 0 Å². The zero-order valence-corrected chi connectivity index (χ0v) is 39.4. The third-order valence-corrected chi connectivity index (χ3v) is 20.6. The second kappa shape index (κ2) is 15.1. The summed E-state index contributed by atoms with van der Waals surface area (Å²) in [5.41, 5.74) is 10.3. The minimum Gasteiger partial charge on any atom is -0.276 e. The van der Waals surface area contributed by atoms with E-state index in [-0.39, 0.29) is 0 Å². The number of benzene rings is 9. The van der Waals surface area contributed by atoms with Crippen molar-refractivity contribution in [3.8, 4) is 22.8 Å². The van der Waals surface area contributed by atoms with Crippen LogP contribution in [-0.2, 0) is 0 Å². The van der Waals surface area contributed by atoms with Crippen LogP contribution in [0.3, 0.4) is 0 Å². The topological polar surface area (TPSA) is 57.4 Å². The molecule has 7 nitrogen and oxygen atoms in total. The number of aromatic nitrogens is 7. The van der Waals surface area contributed by atoms with E-state index in [1.54, 1.807) is 0 Å². The predicted octanol–water partition coefficient (Wildman–Crippen LogP) is 12.0. The Morgan fingerprint density at radius 3 is 1.37 bits per heavy atom. The molecule has 6 heterocycles. The number of imidazole rings is 4. The van der Waals surface area contributed by atoms with Gasteiger partial charge < -0.3 is 0 Å². The number of para-hydroxylation sites is 8. The Bertz CT molecular complexity index is 4340. The van der Waals surface area contributed by atoms with Crippen LogP contribution < -0.4 is 20.7 Å². The van der Waals surface area contributed by atoms with Gasteiger partial charge in [0.1, 0.15) is 11.6 Å². The molecule has 70 heavy (non-hydrogen) atoms. The largest absolute Gasteiger partial charge is 0.276 e. The number of rotatable bonds is 7. The van der Waals surface area contributed by atoms with E-state index in [2.05, 4.69) is 255 Å². The second-order valence-corrected chi connectivity index (χ2v) is 22.9. The Hall–Kier alpha value is -8.89. The molecule has 0 unspecified atom stereocenters. The van der Waals surface area contributed by atoms with Crippen molar-refractivity contribution in [3.63, 3.8) is 0 Å². The lowest BCUT2D eigenvalue weighted by Crippen LogP contribution is -2.74. The average molecular weight is 930 g/mol. The monoisotopic (exact) mass is 929 g/mol. The fourth-order valence-electron chi connectivity index (χ4n) is 11.3. The van der Waals surface area contributed by atoms with Gasteiger partial charge in [-0.1, -0.05) is 170 Å². The van der Waals surface area contributed by atoms with E-state index >= 15 is 0 Å². The molecule has 0 atom stereocenters. The van der Waals surface area contributed by atoms with E-state index in [1.165, 1.54) is 40.9 Å². The normalized spacial score (nSPS) is 12.3. The summed E-state index contributed by atoms with van der Waals surface area (Å²) in [6.45, 7) is 0. The minimum atomic E-state index is -2.95. The molecule has 0 aliphatic rings. The number of fused-ring (bicyclic) bond motifs is 13. The molecule has 0 N–H and O–H groups in total. The Balaban J connectivity index is 1.00. The Morgan fingerprint density at radius 2 is 0.800 bits per heavy atom. The Kier molecular flexibility index (Phi) is 8.42. The first kappa shape index (κ1) is 39.1. The molecule has 0 radical (unpaired) electrons. The molecule has 6 aromatic heterocycles. The highest BCUT2D eigenvalue weighted by Crippen LogP contribution is 2.36. The molecule has 0 bridgehead atoms. The van der Waals surface area contributed by atoms with Gasteiger partial charge in [0.15, 0.2) is 8.07 Å². The third kappa shape index (κ3) is 5.52. The van der Waals surface area contributed by atoms with Crippen LogP contribution in [0.15, 0.2) is 237 Å². The lowest BCUT2D eigenvalue weighted by molar-refractivity contribution is 0.983. The molecular weight excluding hydrogens is 891 g/mol. The number of hydrogen-bond acceptors (Lipinski definition) is 4. The maximum atomic E-state index is 5.63. The standard InChI is InChI=1S/C61H39N7SSi/c1-3-18-42(19-4-1)70(43-20-5-2-6-21-43,56-33-17-23-46-45-22-7-16-32-55(45)69-59(46)56)44-36-34-40(35-37-44)41-38-57(67-53-30-14-12-28-51(53)65-49-26-10-8-24-47(49)62-60(65)67)64-58(39-41)68-54-31-15-13-29-52(54)66-50-27-11-9-25-48(50)63-61(66)68/h1-39H. The highest BCUT2D eigenvalue weighted by molar-refractivity contribution is 7.30. The first-order valence-electron chi connectivity index (χ1n) is 23.6. The van der Waals surface area contributed by atoms with Crippen molar-refractivity contribution in [2.75, 3.05) is 0 Å². The summed E-state index contributed by atoms with van der Waals surface area (Å²) in [5.74, 6) is 3.14. The molecule has 9 heteroatoms. The maximum absolute atomic E-state index is 5.63. The summed E-state index contributed by atoms with van der Waals surface area (Å²) in [7, 11) is -2.95. The van der Waals surface area contributed by atoms with E-state index in [1.807, 2.05) is 11.3 Å². The van der Waals surface area contributed by atoms with Crippen molar-refractivity contribution in [2.24, 2.45) is 0 Å². The van der Waals surface area contributed by atoms with E-state index in [0.717, 1.165) is 78.5 Å². The summed E-state index contributed by atoms with van der Waals surface area (Å²) in [6, 6.07) is 86.0. The fourth-order valence-corrected chi connectivity index (χ4v) is 17.9. The quantitative estimate of drug-likeness (QED) is 0.118. The van der Waals surface area contributed by atoms with Gasteiger partial charge in [-0.25, -0.2) is 15.0 Å². The Labute approximate surface area is 406 Å². The molecule has 15 rings (SSSR count). The van der Waals surface area contributed by atoms with Crippen LogP contribution in [0.1, 0.15) is 0 Å². The molecule has 9 aromatic carbocycles. The number of nitrogens with zero attached hydrogens (tertiary/aromatic N) is 7. The third-order valence-electron chi connectivity index (χ3n) is 14.3. The molecule has 0 fully saturated rings. The summed E-state index contributed by atoms with van der Waals surface area (Å²) in [6.07, 6.45) is 0. The van der Waals surface area contributed by atoms with Crippen molar-refractivity contribution < 1.29 is 0 Å². The highest BCUT2D eigenvalue weighted by atomic mass is 32.1. The van der Waals surface area contributed by atoms with E-state index in [0.29, 0.717) is 0 Å². The van der Waals surface area contributed by atoms with Gasteiger partial charge in [-0.2, -0.15) is 0 Å². The average Bonchev–Trinajstić information content (AvgIpc) is 4.24. The number of thiophene rings is 1. The second-order valence-electron chi connectivity index (χ2n) is 18.0. The van der Waals surface area contributed by atoms with E-state index in [9.17, 15) is 0 Å². The van der Waals surface area contributed by atoms with Gasteiger partial charge >= 0.3 is 0 Å².